The molecule has 0 atom stereocenters. The molecule has 0 bridgehead atoms. The first-order chi connectivity index (χ1) is 8.02. The molecule has 0 spiro atoms. The molecule has 1 rings (SSSR count). The molecule has 0 unspecified atom stereocenters. The van der Waals surface area contributed by atoms with E-state index in [2.05, 4.69) is 11.2 Å². The molecule has 2 N–H and O–H groups in total. The van der Waals surface area contributed by atoms with Gasteiger partial charge in [-0.25, -0.2) is 4.79 Å². The van der Waals surface area contributed by atoms with E-state index in [4.69, 9.17) is 23.1 Å². The molecular weight excluding hydrogens is 242 g/mol. The maximum absolute atomic E-state index is 11.4. The van der Waals surface area contributed by atoms with Gasteiger partial charge in [0, 0.05) is 23.6 Å². The van der Waals surface area contributed by atoms with E-state index in [1.807, 2.05) is 0 Å². The van der Waals surface area contributed by atoms with Gasteiger partial charge in [-0.05, 0) is 18.2 Å². The van der Waals surface area contributed by atoms with Crippen LogP contribution in [0.25, 0.3) is 0 Å². The third-order valence-corrected chi connectivity index (χ3v) is 2.14. The van der Waals surface area contributed by atoms with Crippen LogP contribution in [-0.2, 0) is 4.79 Å². The van der Waals surface area contributed by atoms with E-state index in [1.54, 1.807) is 0 Å². The first-order valence-electron chi connectivity index (χ1n) is 4.80. The predicted molar refractivity (Wildman–Crippen MR) is 65.1 cm³/mol. The summed E-state index contributed by atoms with van der Waals surface area (Å²) in [7, 11) is 0. The number of nitrogens with one attached hydrogen (secondary N) is 1. The van der Waals surface area contributed by atoms with Crippen molar-refractivity contribution < 1.29 is 14.7 Å². The van der Waals surface area contributed by atoms with Crippen molar-refractivity contribution in [2.75, 3.05) is 5.32 Å². The van der Waals surface area contributed by atoms with Crippen molar-refractivity contribution in [3.05, 3.63) is 28.8 Å². The summed E-state index contributed by atoms with van der Waals surface area (Å²) in [5.41, 5.74) is 0.363. The van der Waals surface area contributed by atoms with Gasteiger partial charge in [-0.2, -0.15) is 0 Å². The van der Waals surface area contributed by atoms with Crippen molar-refractivity contribution in [3.8, 4) is 12.3 Å². The number of halogens is 1. The standard InChI is InChI=1S/C12H10ClNO3/c1-2-3-4-11(15)14-10-6-8(12(16)17)5-9(13)7-10/h1,5-7H,3-4H2,(H,14,15)(H,16,17). The Morgan fingerprint density at radius 2 is 2.12 bits per heavy atom. The SMILES string of the molecule is C#CCCC(=O)Nc1cc(Cl)cc(C(=O)O)c1. The number of aromatic carboxylic acids is 1. The quantitative estimate of drug-likeness (QED) is 0.808. The average molecular weight is 252 g/mol. The third-order valence-electron chi connectivity index (χ3n) is 1.92. The molecule has 5 heteroatoms. The Morgan fingerprint density at radius 3 is 2.71 bits per heavy atom. The second kappa shape index (κ2) is 5.92. The van der Waals surface area contributed by atoms with Gasteiger partial charge >= 0.3 is 5.97 Å². The zero-order valence-corrected chi connectivity index (χ0v) is 9.62. The summed E-state index contributed by atoms with van der Waals surface area (Å²) >= 11 is 5.73. The number of amides is 1. The van der Waals surface area contributed by atoms with E-state index in [0.29, 0.717) is 12.1 Å². The molecule has 0 aliphatic carbocycles. The number of rotatable bonds is 4. The van der Waals surface area contributed by atoms with Gasteiger partial charge in [0.2, 0.25) is 5.91 Å². The lowest BCUT2D eigenvalue weighted by atomic mass is 10.2. The van der Waals surface area contributed by atoms with Crippen LogP contribution in [-0.4, -0.2) is 17.0 Å². The Kier molecular flexibility index (Phi) is 4.56. The Morgan fingerprint density at radius 1 is 1.41 bits per heavy atom. The van der Waals surface area contributed by atoms with Crippen LogP contribution in [0, 0.1) is 12.3 Å². The van der Waals surface area contributed by atoms with E-state index in [-0.39, 0.29) is 22.9 Å². The van der Waals surface area contributed by atoms with Gasteiger partial charge in [0.25, 0.3) is 0 Å². The van der Waals surface area contributed by atoms with Gasteiger partial charge in [0.05, 0.1) is 5.56 Å². The van der Waals surface area contributed by atoms with Gasteiger partial charge in [-0.3, -0.25) is 4.79 Å². The molecule has 17 heavy (non-hydrogen) atoms. The van der Waals surface area contributed by atoms with Gasteiger partial charge in [0.1, 0.15) is 0 Å². The van der Waals surface area contributed by atoms with Crippen LogP contribution in [0.1, 0.15) is 23.2 Å². The smallest absolute Gasteiger partial charge is 0.335 e. The summed E-state index contributed by atoms with van der Waals surface area (Å²) in [5, 5.41) is 11.6. The maximum Gasteiger partial charge on any atom is 0.335 e. The second-order valence-electron chi connectivity index (χ2n) is 3.29. The largest absolute Gasteiger partial charge is 0.478 e. The molecule has 0 saturated carbocycles. The molecule has 0 saturated heterocycles. The van der Waals surface area contributed by atoms with Crippen molar-refractivity contribution >= 4 is 29.2 Å². The Bertz CT molecular complexity index is 491. The van der Waals surface area contributed by atoms with Crippen molar-refractivity contribution in [2.24, 2.45) is 0 Å². The first kappa shape index (κ1) is 13.1. The van der Waals surface area contributed by atoms with Crippen molar-refractivity contribution in [1.29, 1.82) is 0 Å². The normalized spacial score (nSPS) is 9.41. The van der Waals surface area contributed by atoms with Crippen molar-refractivity contribution in [2.45, 2.75) is 12.8 Å². The molecule has 0 aromatic heterocycles. The molecule has 0 radical (unpaired) electrons. The number of carbonyl (C=O) groups is 2. The van der Waals surface area contributed by atoms with Gasteiger partial charge in [-0.15, -0.1) is 12.3 Å². The lowest BCUT2D eigenvalue weighted by molar-refractivity contribution is -0.116. The summed E-state index contributed by atoms with van der Waals surface area (Å²) in [6, 6.07) is 4.12. The number of carboxylic acid groups (broad SMARTS) is 1. The average Bonchev–Trinajstić information content (AvgIpc) is 2.25. The number of hydrogen-bond acceptors (Lipinski definition) is 2. The molecule has 1 amide bonds. The predicted octanol–water partition coefficient (Wildman–Crippen LogP) is 2.39. The van der Waals surface area contributed by atoms with Gasteiger partial charge < -0.3 is 10.4 Å². The lowest BCUT2D eigenvalue weighted by Gasteiger charge is -2.06. The monoisotopic (exact) mass is 251 g/mol. The molecule has 0 aliphatic rings. The van der Waals surface area contributed by atoms with Crippen LogP contribution in [0.3, 0.4) is 0 Å². The van der Waals surface area contributed by atoms with Crippen LogP contribution in [0.5, 0.6) is 0 Å². The highest BCUT2D eigenvalue weighted by Crippen LogP contribution is 2.19. The Balaban J connectivity index is 2.81. The molecule has 1 aromatic rings. The number of carbonyl (C=O) groups excluding carboxylic acids is 1. The van der Waals surface area contributed by atoms with Crippen LogP contribution in [0.2, 0.25) is 5.02 Å². The van der Waals surface area contributed by atoms with Crippen LogP contribution >= 0.6 is 11.6 Å². The molecule has 1 aromatic carbocycles. The van der Waals surface area contributed by atoms with E-state index in [1.165, 1.54) is 18.2 Å². The minimum absolute atomic E-state index is 0.0183. The Labute approximate surface area is 104 Å². The second-order valence-corrected chi connectivity index (χ2v) is 3.72. The zero-order valence-electron chi connectivity index (χ0n) is 8.87. The summed E-state index contributed by atoms with van der Waals surface area (Å²) in [6.45, 7) is 0. The highest BCUT2D eigenvalue weighted by Gasteiger charge is 2.08. The fourth-order valence-corrected chi connectivity index (χ4v) is 1.43. The van der Waals surface area contributed by atoms with E-state index in [0.717, 1.165) is 0 Å². The fraction of sp³-hybridized carbons (Fsp3) is 0.167. The zero-order chi connectivity index (χ0) is 12.8. The topological polar surface area (TPSA) is 66.4 Å². The van der Waals surface area contributed by atoms with E-state index < -0.39 is 5.97 Å². The molecule has 0 aliphatic heterocycles. The first-order valence-corrected chi connectivity index (χ1v) is 5.18. The summed E-state index contributed by atoms with van der Waals surface area (Å²) < 4.78 is 0. The highest BCUT2D eigenvalue weighted by molar-refractivity contribution is 6.31. The summed E-state index contributed by atoms with van der Waals surface area (Å²) in [4.78, 5) is 22.1. The fourth-order valence-electron chi connectivity index (χ4n) is 1.19. The van der Waals surface area contributed by atoms with Crippen molar-refractivity contribution in [1.82, 2.24) is 0 Å². The molecule has 4 nitrogen and oxygen atoms in total. The number of hydrogen-bond donors (Lipinski definition) is 2. The lowest BCUT2D eigenvalue weighted by Crippen LogP contribution is -2.11. The van der Waals surface area contributed by atoms with Gasteiger partial charge in [0.15, 0.2) is 0 Å². The van der Waals surface area contributed by atoms with Gasteiger partial charge in [-0.1, -0.05) is 11.6 Å². The van der Waals surface area contributed by atoms with E-state index >= 15 is 0 Å². The van der Waals surface area contributed by atoms with Crippen LogP contribution < -0.4 is 5.32 Å². The molecule has 0 fully saturated rings. The minimum atomic E-state index is -1.10. The summed E-state index contributed by atoms with van der Waals surface area (Å²) in [5.74, 6) is 0.963. The number of terminal acetylenes is 1. The molecule has 0 heterocycles. The van der Waals surface area contributed by atoms with Crippen LogP contribution in [0.4, 0.5) is 5.69 Å². The van der Waals surface area contributed by atoms with E-state index in [9.17, 15) is 9.59 Å². The summed E-state index contributed by atoms with van der Waals surface area (Å²) in [6.07, 6.45) is 5.55. The number of carboxylic acids is 1. The Hall–Kier alpha value is -1.99. The molecular formula is C12H10ClNO3. The third kappa shape index (κ3) is 4.17. The van der Waals surface area contributed by atoms with Crippen LogP contribution in [0.15, 0.2) is 18.2 Å². The number of anilines is 1. The maximum atomic E-state index is 11.4. The highest BCUT2D eigenvalue weighted by atomic mass is 35.5. The molecule has 88 valence electrons. The minimum Gasteiger partial charge on any atom is -0.478 e. The number of benzene rings is 1. The van der Waals surface area contributed by atoms with Crippen molar-refractivity contribution in [3.63, 3.8) is 0 Å².